The summed E-state index contributed by atoms with van der Waals surface area (Å²) in [4.78, 5) is 26.5. The fourth-order valence-corrected chi connectivity index (χ4v) is 2.65. The molecule has 0 amide bonds. The first-order valence-corrected chi connectivity index (χ1v) is 7.36. The van der Waals surface area contributed by atoms with Gasteiger partial charge < -0.3 is 10.2 Å². The molecule has 0 aromatic carbocycles. The lowest BCUT2D eigenvalue weighted by Crippen LogP contribution is -2.17. The van der Waals surface area contributed by atoms with Crippen molar-refractivity contribution in [3.63, 3.8) is 0 Å². The summed E-state index contributed by atoms with van der Waals surface area (Å²) in [5.41, 5.74) is -0.185. The third-order valence-corrected chi connectivity index (χ3v) is 3.83. The lowest BCUT2D eigenvalue weighted by molar-refractivity contribution is 0.641. The van der Waals surface area contributed by atoms with E-state index in [-0.39, 0.29) is 11.7 Å². The van der Waals surface area contributed by atoms with Crippen molar-refractivity contribution in [3.8, 4) is 0 Å². The van der Waals surface area contributed by atoms with Gasteiger partial charge in [-0.2, -0.15) is 15.0 Å². The molecule has 0 unspecified atom stereocenters. The first-order chi connectivity index (χ1) is 10.1. The second-order valence-electron chi connectivity index (χ2n) is 4.90. The largest absolute Gasteiger partial charge is 0.357 e. The number of hydrogen-bond donors (Lipinski definition) is 2. The Hall–Kier alpha value is -2.10. The van der Waals surface area contributed by atoms with Gasteiger partial charge in [0.05, 0.1) is 0 Å². The predicted molar refractivity (Wildman–Crippen MR) is 78.9 cm³/mol. The average Bonchev–Trinajstić information content (AvgIpc) is 3.23. The highest BCUT2D eigenvalue weighted by Crippen LogP contribution is 2.37. The van der Waals surface area contributed by atoms with Crippen molar-refractivity contribution >= 4 is 23.7 Å². The van der Waals surface area contributed by atoms with Gasteiger partial charge in [-0.3, -0.25) is 4.57 Å². The summed E-state index contributed by atoms with van der Waals surface area (Å²) in [6, 6.07) is 0.248. The quantitative estimate of drug-likeness (QED) is 0.815. The standard InChI is InChI=1S/C11H16N8OS/c1-12-7-13-8(18(2)3)15-9(14-7)21-11-17-16-10(20)19(11)6-4-5-6/h6H,4-5H2,1-3H3,(H,16,20)(H,12,13,14,15). The van der Waals surface area contributed by atoms with Crippen molar-refractivity contribution in [2.45, 2.75) is 29.2 Å². The van der Waals surface area contributed by atoms with Crippen molar-refractivity contribution in [3.05, 3.63) is 10.5 Å². The molecule has 0 radical (unpaired) electrons. The van der Waals surface area contributed by atoms with Crippen molar-refractivity contribution in [1.82, 2.24) is 29.7 Å². The molecule has 21 heavy (non-hydrogen) atoms. The monoisotopic (exact) mass is 308 g/mol. The molecule has 2 N–H and O–H groups in total. The van der Waals surface area contributed by atoms with Crippen molar-refractivity contribution in [2.24, 2.45) is 0 Å². The number of nitrogens with zero attached hydrogens (tertiary/aromatic N) is 6. The average molecular weight is 308 g/mol. The van der Waals surface area contributed by atoms with Crippen LogP contribution >= 0.6 is 11.8 Å². The van der Waals surface area contributed by atoms with Gasteiger partial charge in [0.1, 0.15) is 0 Å². The van der Waals surface area contributed by atoms with E-state index in [0.717, 1.165) is 12.8 Å². The Balaban J connectivity index is 1.94. The molecule has 0 spiro atoms. The molecule has 0 aliphatic heterocycles. The molecule has 9 nitrogen and oxygen atoms in total. The second kappa shape index (κ2) is 5.35. The van der Waals surface area contributed by atoms with E-state index in [2.05, 4.69) is 30.5 Å². The highest BCUT2D eigenvalue weighted by atomic mass is 32.2. The minimum absolute atomic E-state index is 0.185. The van der Waals surface area contributed by atoms with Crippen LogP contribution in [-0.2, 0) is 0 Å². The summed E-state index contributed by atoms with van der Waals surface area (Å²) >= 11 is 1.26. The van der Waals surface area contributed by atoms with Crippen LogP contribution in [0.1, 0.15) is 18.9 Å². The molecule has 0 atom stereocenters. The molecule has 3 rings (SSSR count). The highest BCUT2D eigenvalue weighted by Gasteiger charge is 2.29. The van der Waals surface area contributed by atoms with Crippen molar-refractivity contribution in [1.29, 1.82) is 0 Å². The maximum Gasteiger partial charge on any atom is 0.344 e. The Morgan fingerprint density at radius 2 is 2.10 bits per heavy atom. The molecule has 1 fully saturated rings. The van der Waals surface area contributed by atoms with Gasteiger partial charge in [-0.25, -0.2) is 9.89 Å². The number of aromatic nitrogens is 6. The molecule has 2 aromatic rings. The van der Waals surface area contributed by atoms with Crippen LogP contribution in [0.3, 0.4) is 0 Å². The van der Waals surface area contributed by atoms with E-state index in [1.807, 2.05) is 14.1 Å². The zero-order valence-electron chi connectivity index (χ0n) is 12.0. The van der Waals surface area contributed by atoms with Crippen LogP contribution < -0.4 is 15.9 Å². The Bertz CT molecular complexity index is 704. The Morgan fingerprint density at radius 3 is 2.71 bits per heavy atom. The summed E-state index contributed by atoms with van der Waals surface area (Å²) in [6.07, 6.45) is 2.02. The summed E-state index contributed by atoms with van der Waals surface area (Å²) in [6.45, 7) is 0. The smallest absolute Gasteiger partial charge is 0.344 e. The number of aromatic amines is 1. The van der Waals surface area contributed by atoms with E-state index in [1.54, 1.807) is 16.5 Å². The normalized spacial score (nSPS) is 14.2. The summed E-state index contributed by atoms with van der Waals surface area (Å²) < 4.78 is 1.67. The molecule has 1 aliphatic carbocycles. The number of hydrogen-bond acceptors (Lipinski definition) is 8. The minimum Gasteiger partial charge on any atom is -0.357 e. The summed E-state index contributed by atoms with van der Waals surface area (Å²) in [7, 11) is 5.47. The molecule has 0 saturated heterocycles. The molecule has 112 valence electrons. The van der Waals surface area contributed by atoms with Crippen LogP contribution in [0.5, 0.6) is 0 Å². The Labute approximate surface area is 125 Å². The van der Waals surface area contributed by atoms with Crippen molar-refractivity contribution in [2.75, 3.05) is 31.4 Å². The molecular weight excluding hydrogens is 292 g/mol. The van der Waals surface area contributed by atoms with Crippen LogP contribution in [0.15, 0.2) is 15.1 Å². The van der Waals surface area contributed by atoms with Crippen LogP contribution in [0.2, 0.25) is 0 Å². The maximum atomic E-state index is 11.8. The van der Waals surface area contributed by atoms with E-state index < -0.39 is 0 Å². The van der Waals surface area contributed by atoms with Gasteiger partial charge in [-0.1, -0.05) is 0 Å². The van der Waals surface area contributed by atoms with E-state index in [4.69, 9.17) is 0 Å². The highest BCUT2D eigenvalue weighted by molar-refractivity contribution is 7.99. The van der Waals surface area contributed by atoms with Crippen LogP contribution in [0.4, 0.5) is 11.9 Å². The number of H-pyrrole nitrogens is 1. The third-order valence-electron chi connectivity index (χ3n) is 2.99. The molecular formula is C11H16N8OS. The lowest BCUT2D eigenvalue weighted by Gasteiger charge is -2.12. The van der Waals surface area contributed by atoms with Gasteiger partial charge in [-0.05, 0) is 24.6 Å². The van der Waals surface area contributed by atoms with Crippen LogP contribution in [0, 0.1) is 0 Å². The summed E-state index contributed by atoms with van der Waals surface area (Å²) in [5.74, 6) is 1.03. The zero-order valence-corrected chi connectivity index (χ0v) is 12.8. The molecule has 0 bridgehead atoms. The zero-order chi connectivity index (χ0) is 15.0. The van der Waals surface area contributed by atoms with Gasteiger partial charge >= 0.3 is 5.69 Å². The second-order valence-corrected chi connectivity index (χ2v) is 5.84. The first-order valence-electron chi connectivity index (χ1n) is 6.54. The Kier molecular flexibility index (Phi) is 3.53. The number of rotatable bonds is 5. The Morgan fingerprint density at radius 1 is 1.33 bits per heavy atom. The van der Waals surface area contributed by atoms with Gasteiger partial charge in [0.2, 0.25) is 17.1 Å². The fourth-order valence-electron chi connectivity index (χ4n) is 1.80. The van der Waals surface area contributed by atoms with E-state index in [1.165, 1.54) is 11.8 Å². The van der Waals surface area contributed by atoms with E-state index in [9.17, 15) is 4.79 Å². The molecule has 10 heteroatoms. The lowest BCUT2D eigenvalue weighted by atomic mass is 10.7. The van der Waals surface area contributed by atoms with Crippen molar-refractivity contribution < 1.29 is 0 Å². The maximum absolute atomic E-state index is 11.8. The van der Waals surface area contributed by atoms with Crippen LogP contribution in [0.25, 0.3) is 0 Å². The first kappa shape index (κ1) is 13.9. The third kappa shape index (κ3) is 2.84. The van der Waals surface area contributed by atoms with Gasteiger partial charge in [0, 0.05) is 27.2 Å². The molecule has 1 aliphatic rings. The van der Waals surface area contributed by atoms with E-state index in [0.29, 0.717) is 22.2 Å². The molecule has 1 saturated carbocycles. The van der Waals surface area contributed by atoms with Gasteiger partial charge in [0.15, 0.2) is 5.16 Å². The van der Waals surface area contributed by atoms with Crippen LogP contribution in [-0.4, -0.2) is 50.9 Å². The number of anilines is 2. The topological polar surface area (TPSA) is 105 Å². The molecule has 2 heterocycles. The SMILES string of the molecule is CNc1nc(Sc2n[nH]c(=O)n2C2CC2)nc(N(C)C)n1. The van der Waals surface area contributed by atoms with E-state index >= 15 is 0 Å². The fraction of sp³-hybridized carbons (Fsp3) is 0.545. The number of nitrogens with one attached hydrogen (secondary N) is 2. The minimum atomic E-state index is -0.185. The molecule has 2 aromatic heterocycles. The van der Waals surface area contributed by atoms with Gasteiger partial charge in [0.25, 0.3) is 0 Å². The predicted octanol–water partition coefficient (Wildman–Crippen LogP) is 0.350. The summed E-state index contributed by atoms with van der Waals surface area (Å²) in [5, 5.41) is 10.5. The van der Waals surface area contributed by atoms with Gasteiger partial charge in [-0.15, -0.1) is 5.10 Å².